The van der Waals surface area contributed by atoms with E-state index in [4.69, 9.17) is 0 Å². The maximum atomic E-state index is 13.5. The van der Waals surface area contributed by atoms with Gasteiger partial charge in [0.05, 0.1) is 0 Å². The predicted molar refractivity (Wildman–Crippen MR) is 114 cm³/mol. The Morgan fingerprint density at radius 1 is 0.960 bits per heavy atom. The molecule has 0 radical (unpaired) electrons. The van der Waals surface area contributed by atoms with E-state index in [1.54, 1.807) is 0 Å². The summed E-state index contributed by atoms with van der Waals surface area (Å²) in [5, 5.41) is 0. The van der Waals surface area contributed by atoms with Gasteiger partial charge in [-0.1, -0.05) is 0 Å². The van der Waals surface area contributed by atoms with Crippen molar-refractivity contribution < 1.29 is 4.79 Å². The van der Waals surface area contributed by atoms with E-state index in [0.717, 1.165) is 12.0 Å². The number of rotatable bonds is 14. The van der Waals surface area contributed by atoms with E-state index in [1.165, 1.54) is 51.8 Å². The first-order chi connectivity index (χ1) is 12.1. The van der Waals surface area contributed by atoms with Crippen molar-refractivity contribution in [3.63, 3.8) is 0 Å². The van der Waals surface area contributed by atoms with E-state index in [2.05, 4.69) is 27.4 Å². The number of carbonyl (C=O) groups excluding carboxylic acids is 1. The minimum absolute atomic E-state index is 0.277. The third kappa shape index (κ3) is 6.92. The monoisotopic (exact) mass is 450 g/mol. The molecule has 25 heavy (non-hydrogen) atoms. The van der Waals surface area contributed by atoms with Crippen LogP contribution >= 0.6 is 0 Å². The van der Waals surface area contributed by atoms with Crippen molar-refractivity contribution in [3.05, 3.63) is 48.6 Å². The molecule has 1 aromatic rings. The molecule has 1 unspecified atom stereocenters. The zero-order chi connectivity index (χ0) is 18.5. The summed E-state index contributed by atoms with van der Waals surface area (Å²) in [6.07, 6.45) is 10.6. The Kier molecular flexibility index (Phi) is 11.4. The molecule has 0 aliphatic rings. The van der Waals surface area contributed by atoms with Gasteiger partial charge in [-0.2, -0.15) is 0 Å². The molecule has 0 N–H and O–H groups in total. The van der Waals surface area contributed by atoms with Gasteiger partial charge in [-0.25, -0.2) is 0 Å². The van der Waals surface area contributed by atoms with Crippen molar-refractivity contribution in [3.8, 4) is 0 Å². The summed E-state index contributed by atoms with van der Waals surface area (Å²) >= 11 is -2.60. The number of carbonyl (C=O) groups is 1. The summed E-state index contributed by atoms with van der Waals surface area (Å²) in [4.78, 5) is 13.5. The Morgan fingerprint density at radius 2 is 1.44 bits per heavy atom. The molecule has 1 aromatic carbocycles. The predicted octanol–water partition coefficient (Wildman–Crippen LogP) is 7.66. The van der Waals surface area contributed by atoms with Crippen LogP contribution in [0.3, 0.4) is 0 Å². The van der Waals surface area contributed by atoms with E-state index < -0.39 is 18.4 Å². The molecule has 1 atom stereocenters. The van der Waals surface area contributed by atoms with Gasteiger partial charge in [0.2, 0.25) is 0 Å². The van der Waals surface area contributed by atoms with Gasteiger partial charge in [0, 0.05) is 0 Å². The number of hydrogen-bond acceptors (Lipinski definition) is 1. The molecule has 1 rings (SSSR count). The van der Waals surface area contributed by atoms with Crippen molar-refractivity contribution in [1.82, 2.24) is 0 Å². The van der Waals surface area contributed by atoms with Gasteiger partial charge in [0.25, 0.3) is 0 Å². The van der Waals surface area contributed by atoms with Crippen molar-refractivity contribution in [2.75, 3.05) is 0 Å². The van der Waals surface area contributed by atoms with Crippen LogP contribution in [0, 0.1) is 0 Å². The molecular weight excluding hydrogens is 411 g/mol. The molecule has 0 saturated carbocycles. The number of ketones is 1. The fraction of sp³-hybridized carbons (Fsp3) is 0.609. The van der Waals surface area contributed by atoms with Crippen LogP contribution in [0.1, 0.15) is 76.1 Å². The van der Waals surface area contributed by atoms with Gasteiger partial charge in [-0.05, 0) is 0 Å². The van der Waals surface area contributed by atoms with Crippen LogP contribution in [0.15, 0.2) is 43.0 Å². The fourth-order valence-corrected chi connectivity index (χ4v) is 22.2. The summed E-state index contributed by atoms with van der Waals surface area (Å²) in [5.74, 6) is 0.416. The van der Waals surface area contributed by atoms with Gasteiger partial charge in [-0.3, -0.25) is 0 Å². The number of allylic oxidation sites excluding steroid dienone is 1. The molecule has 0 aromatic heterocycles. The standard InChI is InChI=1S/C11H11O.3C4H9.Sn/c1-2-3-9-11(12)10-7-5-4-6-8-10;3*1-3-4-2;/h2,4-9H,1,3H2;3*1,3-4H2,2H3;. The second-order valence-electron chi connectivity index (χ2n) is 7.48. The molecule has 2 heteroatoms. The molecular formula is C23H38OSn. The third-order valence-electron chi connectivity index (χ3n) is 5.60. The number of hydrogen-bond donors (Lipinski definition) is 0. The molecule has 0 heterocycles. The molecule has 0 bridgehead atoms. The molecule has 140 valence electrons. The van der Waals surface area contributed by atoms with Crippen LogP contribution in [0.2, 0.25) is 17.2 Å². The van der Waals surface area contributed by atoms with Gasteiger partial charge >= 0.3 is 160 Å². The van der Waals surface area contributed by atoms with E-state index >= 15 is 0 Å². The fourth-order valence-electron chi connectivity index (χ4n) is 4.09. The van der Waals surface area contributed by atoms with E-state index in [9.17, 15) is 4.79 Å². The van der Waals surface area contributed by atoms with Crippen LogP contribution in [0.25, 0.3) is 0 Å². The van der Waals surface area contributed by atoms with E-state index in [-0.39, 0.29) is 3.93 Å². The Morgan fingerprint density at radius 3 is 1.84 bits per heavy atom. The SMILES string of the molecule is C=CC[CH](C(=O)c1ccccc1)[Sn]([CH2]CCC)([CH2]CCC)[CH2]CCC. The maximum absolute atomic E-state index is 13.5. The average Bonchev–Trinajstić information content (AvgIpc) is 2.66. The van der Waals surface area contributed by atoms with Crippen LogP contribution in [-0.2, 0) is 0 Å². The van der Waals surface area contributed by atoms with Crippen LogP contribution < -0.4 is 0 Å². The zero-order valence-electron chi connectivity index (χ0n) is 16.7. The van der Waals surface area contributed by atoms with E-state index in [0.29, 0.717) is 5.78 Å². The molecule has 0 amide bonds. The first kappa shape index (κ1) is 22.5. The molecule has 0 saturated heterocycles. The summed E-state index contributed by atoms with van der Waals surface area (Å²) < 4.78 is 4.41. The van der Waals surface area contributed by atoms with Gasteiger partial charge in [0.15, 0.2) is 0 Å². The number of Topliss-reactive ketones (excluding diaryl/α,β-unsaturated/α-hetero) is 1. The Labute approximate surface area is 160 Å². The summed E-state index contributed by atoms with van der Waals surface area (Å²) in [7, 11) is 0. The van der Waals surface area contributed by atoms with Crippen molar-refractivity contribution >= 4 is 24.2 Å². The topological polar surface area (TPSA) is 17.1 Å². The van der Waals surface area contributed by atoms with Gasteiger partial charge < -0.3 is 0 Å². The van der Waals surface area contributed by atoms with Crippen molar-refractivity contribution in [2.45, 2.75) is 83.0 Å². The number of benzene rings is 1. The van der Waals surface area contributed by atoms with Gasteiger partial charge in [0.1, 0.15) is 0 Å². The van der Waals surface area contributed by atoms with E-state index in [1.807, 2.05) is 36.4 Å². The van der Waals surface area contributed by atoms with Gasteiger partial charge in [-0.15, -0.1) is 0 Å². The molecule has 0 aliphatic carbocycles. The minimum atomic E-state index is -2.60. The number of unbranched alkanes of at least 4 members (excludes halogenated alkanes) is 3. The van der Waals surface area contributed by atoms with Crippen LogP contribution in [0.5, 0.6) is 0 Å². The second kappa shape index (κ2) is 12.7. The van der Waals surface area contributed by atoms with Crippen molar-refractivity contribution in [1.29, 1.82) is 0 Å². The molecule has 0 fully saturated rings. The molecule has 0 spiro atoms. The zero-order valence-corrected chi connectivity index (χ0v) is 19.6. The quantitative estimate of drug-likeness (QED) is 0.162. The van der Waals surface area contributed by atoms with Crippen molar-refractivity contribution in [2.24, 2.45) is 0 Å². The molecule has 1 nitrogen and oxygen atoms in total. The Hall–Kier alpha value is -0.571. The Balaban J connectivity index is 3.23. The summed E-state index contributed by atoms with van der Waals surface area (Å²) in [6, 6.07) is 10.0. The normalized spacial score (nSPS) is 12.8. The van der Waals surface area contributed by atoms with Crippen LogP contribution in [-0.4, -0.2) is 24.2 Å². The third-order valence-corrected chi connectivity index (χ3v) is 22.8. The Bertz CT molecular complexity index is 472. The summed E-state index contributed by atoms with van der Waals surface area (Å²) in [5.41, 5.74) is 0.917. The first-order valence-electron chi connectivity index (χ1n) is 10.3. The second-order valence-corrected chi connectivity index (χ2v) is 21.5. The van der Waals surface area contributed by atoms with Crippen LogP contribution in [0.4, 0.5) is 0 Å². The first-order valence-corrected chi connectivity index (χ1v) is 18.1. The summed E-state index contributed by atoms with van der Waals surface area (Å²) in [6.45, 7) is 10.9. The average molecular weight is 449 g/mol. The molecule has 0 aliphatic heterocycles.